The van der Waals surface area contributed by atoms with Crippen LogP contribution in [0.25, 0.3) is 5.69 Å². The van der Waals surface area contributed by atoms with E-state index in [4.69, 9.17) is 11.6 Å². The molecule has 3 aromatic rings. The maximum atomic E-state index is 12.7. The molecule has 144 valence electrons. The first-order chi connectivity index (χ1) is 13.5. The van der Waals surface area contributed by atoms with E-state index in [1.54, 1.807) is 30.3 Å². The third kappa shape index (κ3) is 3.68. The monoisotopic (exact) mass is 414 g/mol. The lowest BCUT2D eigenvalue weighted by atomic mass is 10.2. The maximum absolute atomic E-state index is 12.7. The molecular formula is C20H19ClN4O2S. The Morgan fingerprint density at radius 2 is 1.75 bits per heavy atom. The molecule has 2 aromatic heterocycles. The number of aromatic nitrogens is 2. The van der Waals surface area contributed by atoms with E-state index in [1.807, 2.05) is 23.3 Å². The van der Waals surface area contributed by atoms with Gasteiger partial charge in [-0.25, -0.2) is 0 Å². The molecule has 0 radical (unpaired) electrons. The normalized spacial score (nSPS) is 14.4. The number of carbonyl (C=O) groups is 1. The van der Waals surface area contributed by atoms with Gasteiger partial charge in [0.25, 0.3) is 11.5 Å². The summed E-state index contributed by atoms with van der Waals surface area (Å²) in [6.45, 7) is 4.55. The van der Waals surface area contributed by atoms with Gasteiger partial charge in [0.1, 0.15) is 5.82 Å². The molecule has 4 rings (SSSR count). The summed E-state index contributed by atoms with van der Waals surface area (Å²) in [4.78, 5) is 29.7. The van der Waals surface area contributed by atoms with Crippen molar-refractivity contribution in [1.82, 2.24) is 14.7 Å². The molecule has 0 saturated carbocycles. The number of halogens is 1. The topological polar surface area (TPSA) is 58.4 Å². The highest BCUT2D eigenvalue weighted by molar-refractivity contribution is 7.12. The van der Waals surface area contributed by atoms with Crippen molar-refractivity contribution in [3.63, 3.8) is 0 Å². The molecule has 0 atom stereocenters. The van der Waals surface area contributed by atoms with Gasteiger partial charge in [-0.2, -0.15) is 4.68 Å². The predicted octanol–water partition coefficient (Wildman–Crippen LogP) is 3.22. The van der Waals surface area contributed by atoms with Gasteiger partial charge in [0.15, 0.2) is 0 Å². The van der Waals surface area contributed by atoms with E-state index in [0.29, 0.717) is 42.7 Å². The quantitative estimate of drug-likeness (QED) is 0.660. The standard InChI is InChI=1S/C20H19ClN4O2S/c1-14-8-13-28-19(14)20(27)24-11-9-23(10-12-24)17-6-7-18(26)25(22-17)16-4-2-15(21)3-5-16/h2-8,13H,9-12H2,1H3. The summed E-state index contributed by atoms with van der Waals surface area (Å²) in [5.41, 5.74) is 1.49. The van der Waals surface area contributed by atoms with Crippen LogP contribution in [-0.4, -0.2) is 46.8 Å². The lowest BCUT2D eigenvalue weighted by Gasteiger charge is -2.35. The molecule has 0 N–H and O–H groups in total. The van der Waals surface area contributed by atoms with E-state index >= 15 is 0 Å². The largest absolute Gasteiger partial charge is 0.352 e. The Kier molecular flexibility index (Phi) is 5.19. The molecule has 1 saturated heterocycles. The van der Waals surface area contributed by atoms with Crippen LogP contribution in [-0.2, 0) is 0 Å². The Morgan fingerprint density at radius 1 is 1.04 bits per heavy atom. The lowest BCUT2D eigenvalue weighted by Crippen LogP contribution is -2.49. The molecule has 1 aliphatic heterocycles. The smallest absolute Gasteiger partial charge is 0.271 e. The molecule has 28 heavy (non-hydrogen) atoms. The van der Waals surface area contributed by atoms with Gasteiger partial charge >= 0.3 is 0 Å². The van der Waals surface area contributed by atoms with Crippen molar-refractivity contribution >= 4 is 34.7 Å². The Bertz CT molecular complexity index is 1050. The van der Waals surface area contributed by atoms with Crippen molar-refractivity contribution < 1.29 is 4.79 Å². The lowest BCUT2D eigenvalue weighted by molar-refractivity contribution is 0.0750. The fraction of sp³-hybridized carbons (Fsp3) is 0.250. The first kappa shape index (κ1) is 18.7. The van der Waals surface area contributed by atoms with Crippen molar-refractivity contribution in [3.8, 4) is 5.69 Å². The van der Waals surface area contributed by atoms with Gasteiger partial charge in [-0.15, -0.1) is 16.4 Å². The molecule has 0 bridgehead atoms. The zero-order chi connectivity index (χ0) is 19.7. The second kappa shape index (κ2) is 7.77. The molecule has 0 aliphatic carbocycles. The van der Waals surface area contributed by atoms with Crippen LogP contribution in [0.3, 0.4) is 0 Å². The average molecular weight is 415 g/mol. The summed E-state index contributed by atoms with van der Waals surface area (Å²) in [6, 6.07) is 12.2. The minimum Gasteiger partial charge on any atom is -0.352 e. The number of rotatable bonds is 3. The SMILES string of the molecule is Cc1ccsc1C(=O)N1CCN(c2ccc(=O)n(-c3ccc(Cl)cc3)n2)CC1. The number of amides is 1. The Labute approximate surface area is 171 Å². The van der Waals surface area contributed by atoms with E-state index in [0.717, 1.165) is 10.4 Å². The fourth-order valence-corrected chi connectivity index (χ4v) is 4.23. The number of anilines is 1. The van der Waals surface area contributed by atoms with Crippen LogP contribution in [0.4, 0.5) is 5.82 Å². The summed E-state index contributed by atoms with van der Waals surface area (Å²) >= 11 is 7.42. The summed E-state index contributed by atoms with van der Waals surface area (Å²) in [5.74, 6) is 0.806. The minimum atomic E-state index is -0.201. The average Bonchev–Trinajstić information content (AvgIpc) is 3.15. The third-order valence-corrected chi connectivity index (χ3v) is 6.06. The van der Waals surface area contributed by atoms with E-state index in [2.05, 4.69) is 10.00 Å². The molecule has 0 unspecified atom stereocenters. The molecular weight excluding hydrogens is 396 g/mol. The molecule has 1 fully saturated rings. The summed E-state index contributed by atoms with van der Waals surface area (Å²) < 4.78 is 1.37. The van der Waals surface area contributed by atoms with Gasteiger partial charge < -0.3 is 9.80 Å². The molecule has 1 aliphatic rings. The second-order valence-electron chi connectivity index (χ2n) is 6.63. The molecule has 1 aromatic carbocycles. The van der Waals surface area contributed by atoms with Crippen molar-refractivity contribution in [2.45, 2.75) is 6.92 Å². The molecule has 6 nitrogen and oxygen atoms in total. The van der Waals surface area contributed by atoms with Gasteiger partial charge in [-0.3, -0.25) is 9.59 Å². The van der Waals surface area contributed by atoms with Crippen molar-refractivity contribution in [3.05, 3.63) is 73.7 Å². The minimum absolute atomic E-state index is 0.0891. The zero-order valence-electron chi connectivity index (χ0n) is 15.3. The maximum Gasteiger partial charge on any atom is 0.271 e. The Morgan fingerprint density at radius 3 is 2.39 bits per heavy atom. The van der Waals surface area contributed by atoms with Gasteiger partial charge in [0.05, 0.1) is 10.6 Å². The van der Waals surface area contributed by atoms with Gasteiger partial charge in [-0.1, -0.05) is 11.6 Å². The van der Waals surface area contributed by atoms with E-state index < -0.39 is 0 Å². The first-order valence-corrected chi connectivity index (χ1v) is 10.2. The van der Waals surface area contributed by atoms with E-state index in [1.165, 1.54) is 22.1 Å². The summed E-state index contributed by atoms with van der Waals surface area (Å²) in [5, 5.41) is 7.07. The van der Waals surface area contributed by atoms with Crippen molar-refractivity contribution in [2.24, 2.45) is 0 Å². The molecule has 0 spiro atoms. The number of thiophene rings is 1. The van der Waals surface area contributed by atoms with Gasteiger partial charge in [-0.05, 0) is 54.3 Å². The number of hydrogen-bond acceptors (Lipinski definition) is 5. The van der Waals surface area contributed by atoms with Crippen LogP contribution in [0.15, 0.2) is 52.6 Å². The summed E-state index contributed by atoms with van der Waals surface area (Å²) in [6.07, 6.45) is 0. The van der Waals surface area contributed by atoms with Crippen LogP contribution >= 0.6 is 22.9 Å². The number of carbonyl (C=O) groups excluding carboxylic acids is 1. The highest BCUT2D eigenvalue weighted by Gasteiger charge is 2.24. The number of benzene rings is 1. The molecule has 3 heterocycles. The van der Waals surface area contributed by atoms with Crippen LogP contribution in [0.5, 0.6) is 0 Å². The Hall–Kier alpha value is -2.64. The summed E-state index contributed by atoms with van der Waals surface area (Å²) in [7, 11) is 0. The molecule has 8 heteroatoms. The predicted molar refractivity (Wildman–Crippen MR) is 112 cm³/mol. The first-order valence-electron chi connectivity index (χ1n) is 8.97. The van der Waals surface area contributed by atoms with Crippen LogP contribution < -0.4 is 10.5 Å². The fourth-order valence-electron chi connectivity index (χ4n) is 3.21. The van der Waals surface area contributed by atoms with Crippen LogP contribution in [0.1, 0.15) is 15.2 Å². The van der Waals surface area contributed by atoms with Crippen molar-refractivity contribution in [2.75, 3.05) is 31.1 Å². The highest BCUT2D eigenvalue weighted by atomic mass is 35.5. The second-order valence-corrected chi connectivity index (χ2v) is 7.98. The highest BCUT2D eigenvalue weighted by Crippen LogP contribution is 2.20. The van der Waals surface area contributed by atoms with Gasteiger partial charge in [0, 0.05) is 37.3 Å². The Balaban J connectivity index is 1.50. The van der Waals surface area contributed by atoms with Crippen LogP contribution in [0.2, 0.25) is 5.02 Å². The number of aryl methyl sites for hydroxylation is 1. The van der Waals surface area contributed by atoms with E-state index in [-0.39, 0.29) is 11.5 Å². The van der Waals surface area contributed by atoms with Crippen LogP contribution in [0, 0.1) is 6.92 Å². The number of piperazine rings is 1. The van der Waals surface area contributed by atoms with Crippen molar-refractivity contribution in [1.29, 1.82) is 0 Å². The van der Waals surface area contributed by atoms with E-state index in [9.17, 15) is 9.59 Å². The molecule has 1 amide bonds. The third-order valence-electron chi connectivity index (χ3n) is 4.80. The zero-order valence-corrected chi connectivity index (χ0v) is 16.9. The number of hydrogen-bond donors (Lipinski definition) is 0. The van der Waals surface area contributed by atoms with Gasteiger partial charge in [0.2, 0.25) is 0 Å². The number of nitrogens with zero attached hydrogens (tertiary/aromatic N) is 4.